The van der Waals surface area contributed by atoms with E-state index in [1.54, 1.807) is 25.1 Å². The molecule has 0 aliphatic heterocycles. The van der Waals surface area contributed by atoms with Gasteiger partial charge < -0.3 is 15.2 Å². The number of hydrogen-bond donors (Lipinski definition) is 2. The average Bonchev–Trinajstić information content (AvgIpc) is 2.66. The molecule has 1 amide bonds. The van der Waals surface area contributed by atoms with Gasteiger partial charge in [0.25, 0.3) is 5.91 Å². The Hall–Kier alpha value is -3.13. The monoisotopic (exact) mass is 404 g/mol. The third kappa shape index (κ3) is 5.03. The Balaban J connectivity index is 1.94. The lowest BCUT2D eigenvalue weighted by Gasteiger charge is -2.12. The van der Waals surface area contributed by atoms with Gasteiger partial charge >= 0.3 is 6.36 Å². The van der Waals surface area contributed by atoms with Crippen LogP contribution in [0.1, 0.15) is 22.8 Å². The van der Waals surface area contributed by atoms with Crippen molar-refractivity contribution in [1.29, 1.82) is 0 Å². The van der Waals surface area contributed by atoms with Crippen LogP contribution < -0.4 is 10.1 Å². The number of aromatic nitrogens is 1. The molecular weight excluding hydrogens is 385 g/mol. The second kappa shape index (κ2) is 8.08. The van der Waals surface area contributed by atoms with Crippen LogP contribution in [0.4, 0.5) is 13.2 Å². The number of aliphatic hydroxyl groups is 1. The predicted molar refractivity (Wildman–Crippen MR) is 103 cm³/mol. The predicted octanol–water partition coefficient (Wildman–Crippen LogP) is 4.22. The van der Waals surface area contributed by atoms with Crippen LogP contribution in [-0.4, -0.2) is 35.0 Å². The molecule has 0 fully saturated rings. The van der Waals surface area contributed by atoms with Gasteiger partial charge in [-0.2, -0.15) is 0 Å². The highest BCUT2D eigenvalue weighted by molar-refractivity contribution is 5.98. The maximum Gasteiger partial charge on any atom is 0.573 e. The second-order valence-electron chi connectivity index (χ2n) is 6.69. The molecular formula is C21H19F3N2O3. The van der Waals surface area contributed by atoms with Gasteiger partial charge in [0.15, 0.2) is 0 Å². The number of aliphatic hydroxyl groups excluding tert-OH is 1. The molecule has 0 bridgehead atoms. The van der Waals surface area contributed by atoms with Crippen LogP contribution in [0.3, 0.4) is 0 Å². The molecule has 1 heterocycles. The summed E-state index contributed by atoms with van der Waals surface area (Å²) in [5.41, 5.74) is 3.08. The highest BCUT2D eigenvalue weighted by atomic mass is 19.4. The molecule has 1 atom stereocenters. The van der Waals surface area contributed by atoms with Crippen LogP contribution in [0.2, 0.25) is 0 Å². The molecule has 1 aromatic heterocycles. The lowest BCUT2D eigenvalue weighted by molar-refractivity contribution is -0.274. The molecule has 0 spiro atoms. The lowest BCUT2D eigenvalue weighted by Crippen LogP contribution is -2.34. The summed E-state index contributed by atoms with van der Waals surface area (Å²) >= 11 is 0. The van der Waals surface area contributed by atoms with Crippen LogP contribution in [0.5, 0.6) is 5.75 Å². The highest BCUT2D eigenvalue weighted by Crippen LogP contribution is 2.28. The molecule has 0 aliphatic rings. The van der Waals surface area contributed by atoms with Gasteiger partial charge in [0.05, 0.1) is 17.8 Å². The van der Waals surface area contributed by atoms with Crippen molar-refractivity contribution in [3.8, 4) is 17.0 Å². The summed E-state index contributed by atoms with van der Waals surface area (Å²) in [6, 6.07) is 12.0. The SMILES string of the molecule is Cc1cc(-c2ccc(OC(F)(F)F)cc2)nc2cc(C(=O)N[C@H](C)CO)ccc12. The van der Waals surface area contributed by atoms with Crippen molar-refractivity contribution in [2.24, 2.45) is 0 Å². The van der Waals surface area contributed by atoms with Crippen molar-refractivity contribution in [2.75, 3.05) is 6.61 Å². The number of ether oxygens (including phenoxy) is 1. The molecule has 0 saturated carbocycles. The van der Waals surface area contributed by atoms with Crippen molar-refractivity contribution < 1.29 is 27.8 Å². The minimum Gasteiger partial charge on any atom is -0.406 e. The molecule has 0 radical (unpaired) electrons. The first-order valence-corrected chi connectivity index (χ1v) is 8.85. The first kappa shape index (κ1) is 20.6. The first-order chi connectivity index (χ1) is 13.7. The van der Waals surface area contributed by atoms with Gasteiger partial charge in [-0.15, -0.1) is 13.2 Å². The van der Waals surface area contributed by atoms with Gasteiger partial charge in [0, 0.05) is 22.6 Å². The molecule has 3 aromatic rings. The summed E-state index contributed by atoms with van der Waals surface area (Å²) in [6.45, 7) is 3.41. The molecule has 3 rings (SSSR count). The summed E-state index contributed by atoms with van der Waals surface area (Å²) in [4.78, 5) is 16.9. The summed E-state index contributed by atoms with van der Waals surface area (Å²) in [5, 5.41) is 12.6. The van der Waals surface area contributed by atoms with Crippen molar-refractivity contribution in [2.45, 2.75) is 26.3 Å². The third-order valence-corrected chi connectivity index (χ3v) is 4.31. The summed E-state index contributed by atoms with van der Waals surface area (Å²) < 4.78 is 40.8. The van der Waals surface area contributed by atoms with Crippen molar-refractivity contribution >= 4 is 16.8 Å². The highest BCUT2D eigenvalue weighted by Gasteiger charge is 2.31. The van der Waals surface area contributed by atoms with Crippen LogP contribution >= 0.6 is 0 Å². The van der Waals surface area contributed by atoms with Gasteiger partial charge in [-0.25, -0.2) is 4.98 Å². The van der Waals surface area contributed by atoms with Crippen molar-refractivity contribution in [3.05, 3.63) is 59.7 Å². The fourth-order valence-electron chi connectivity index (χ4n) is 2.87. The van der Waals surface area contributed by atoms with Gasteiger partial charge in [0.2, 0.25) is 0 Å². The van der Waals surface area contributed by atoms with Crippen molar-refractivity contribution in [3.63, 3.8) is 0 Å². The Morgan fingerprint density at radius 1 is 1.17 bits per heavy atom. The van der Waals surface area contributed by atoms with E-state index in [1.165, 1.54) is 24.3 Å². The Bertz CT molecular complexity index is 1030. The number of benzene rings is 2. The second-order valence-corrected chi connectivity index (χ2v) is 6.69. The number of nitrogens with zero attached hydrogens (tertiary/aromatic N) is 1. The minimum atomic E-state index is -4.75. The van der Waals surface area contributed by atoms with E-state index in [2.05, 4.69) is 15.0 Å². The molecule has 2 N–H and O–H groups in total. The van der Waals surface area contributed by atoms with Crippen molar-refractivity contribution in [1.82, 2.24) is 10.3 Å². The topological polar surface area (TPSA) is 71.5 Å². The molecule has 0 unspecified atom stereocenters. The Labute approximate surface area is 165 Å². The lowest BCUT2D eigenvalue weighted by atomic mass is 10.0. The maximum atomic E-state index is 12.3. The number of halogens is 3. The van der Waals surface area contributed by atoms with Crippen LogP contribution in [0.25, 0.3) is 22.2 Å². The Morgan fingerprint density at radius 3 is 2.48 bits per heavy atom. The Kier molecular flexibility index (Phi) is 5.74. The number of fused-ring (bicyclic) bond motifs is 1. The minimum absolute atomic E-state index is 0.172. The molecule has 29 heavy (non-hydrogen) atoms. The van der Waals surface area contributed by atoms with E-state index in [9.17, 15) is 18.0 Å². The quantitative estimate of drug-likeness (QED) is 0.668. The molecule has 0 aliphatic carbocycles. The van der Waals surface area contributed by atoms with Crippen LogP contribution in [0, 0.1) is 6.92 Å². The maximum absolute atomic E-state index is 12.3. The van der Waals surface area contributed by atoms with E-state index in [-0.39, 0.29) is 24.3 Å². The number of amides is 1. The fourth-order valence-corrected chi connectivity index (χ4v) is 2.87. The summed E-state index contributed by atoms with van der Waals surface area (Å²) in [6.07, 6.45) is -4.75. The molecule has 152 valence electrons. The first-order valence-electron chi connectivity index (χ1n) is 8.85. The zero-order valence-corrected chi connectivity index (χ0v) is 15.7. The van der Waals surface area contributed by atoms with E-state index in [0.717, 1.165) is 10.9 Å². The smallest absolute Gasteiger partial charge is 0.406 e. The number of hydrogen-bond acceptors (Lipinski definition) is 4. The Morgan fingerprint density at radius 2 is 1.86 bits per heavy atom. The van der Waals surface area contributed by atoms with E-state index in [1.807, 2.05) is 13.0 Å². The van der Waals surface area contributed by atoms with E-state index >= 15 is 0 Å². The van der Waals surface area contributed by atoms with Gasteiger partial charge in [0.1, 0.15) is 5.75 Å². The van der Waals surface area contributed by atoms with E-state index in [0.29, 0.717) is 22.3 Å². The molecule has 2 aromatic carbocycles. The number of alkyl halides is 3. The number of carbonyl (C=O) groups excluding carboxylic acids is 1. The summed E-state index contributed by atoms with van der Waals surface area (Å²) in [7, 11) is 0. The summed E-state index contributed by atoms with van der Waals surface area (Å²) in [5.74, 6) is -0.636. The standard InChI is InChI=1S/C21H19F3N2O3/c1-12-9-18(14-3-6-16(7-4-14)29-21(22,23)24)26-19-10-15(5-8-17(12)19)20(28)25-13(2)11-27/h3-10,13,27H,11H2,1-2H3,(H,25,28)/t13-/m1/s1. The molecule has 8 heteroatoms. The largest absolute Gasteiger partial charge is 0.573 e. The third-order valence-electron chi connectivity index (χ3n) is 4.31. The molecule has 5 nitrogen and oxygen atoms in total. The average molecular weight is 404 g/mol. The van der Waals surface area contributed by atoms with Crippen LogP contribution in [0.15, 0.2) is 48.5 Å². The van der Waals surface area contributed by atoms with Gasteiger partial charge in [-0.1, -0.05) is 6.07 Å². The zero-order valence-electron chi connectivity index (χ0n) is 15.7. The van der Waals surface area contributed by atoms with Gasteiger partial charge in [-0.3, -0.25) is 4.79 Å². The molecule has 0 saturated heterocycles. The number of rotatable bonds is 5. The number of carbonyl (C=O) groups is 1. The number of pyridine rings is 1. The van der Waals surface area contributed by atoms with Crippen LogP contribution in [-0.2, 0) is 0 Å². The van der Waals surface area contributed by atoms with Gasteiger partial charge in [-0.05, 0) is 61.9 Å². The normalized spacial score (nSPS) is 12.6. The number of aryl methyl sites for hydroxylation is 1. The van der Waals surface area contributed by atoms with E-state index < -0.39 is 6.36 Å². The van der Waals surface area contributed by atoms with E-state index in [4.69, 9.17) is 5.11 Å². The number of nitrogens with one attached hydrogen (secondary N) is 1. The fraction of sp³-hybridized carbons (Fsp3) is 0.238. The zero-order chi connectivity index (χ0) is 21.2.